The Bertz CT molecular complexity index is 1080. The second-order valence-electron chi connectivity index (χ2n) is 5.62. The number of imidazole rings is 1. The van der Waals surface area contributed by atoms with Crippen LogP contribution < -0.4 is 11.1 Å². The van der Waals surface area contributed by atoms with Gasteiger partial charge in [0, 0.05) is 24.0 Å². The van der Waals surface area contributed by atoms with Crippen LogP contribution in [-0.4, -0.2) is 39.2 Å². The van der Waals surface area contributed by atoms with Gasteiger partial charge in [-0.25, -0.2) is 9.37 Å². The second kappa shape index (κ2) is 5.99. The minimum Gasteiger partial charge on any atom is -0.351 e. The van der Waals surface area contributed by atoms with Crippen molar-refractivity contribution in [3.8, 4) is 11.5 Å². The number of nitrogens with two attached hydrogens (primary N) is 1. The van der Waals surface area contributed by atoms with Gasteiger partial charge in [0.05, 0.1) is 16.6 Å². The van der Waals surface area contributed by atoms with E-state index in [0.29, 0.717) is 41.2 Å². The monoisotopic (exact) mass is 338 g/mol. The van der Waals surface area contributed by atoms with Crippen LogP contribution in [0.4, 0.5) is 4.39 Å². The smallest absolute Gasteiger partial charge is 0.251 e. The first-order chi connectivity index (χ1) is 12.2. The predicted molar refractivity (Wildman–Crippen MR) is 92.5 cm³/mol. The number of aromatic nitrogens is 4. The number of H-pyrrole nitrogens is 2. The van der Waals surface area contributed by atoms with Gasteiger partial charge in [-0.1, -0.05) is 0 Å². The Kier molecular flexibility index (Phi) is 3.66. The van der Waals surface area contributed by atoms with Crippen LogP contribution in [-0.2, 0) is 0 Å². The molecule has 0 unspecified atom stereocenters. The number of carbonyl (C=O) groups is 1. The normalized spacial score (nSPS) is 11.3. The zero-order valence-corrected chi connectivity index (χ0v) is 13.1. The lowest BCUT2D eigenvalue weighted by Crippen LogP contribution is -2.28. The molecule has 2 heterocycles. The van der Waals surface area contributed by atoms with Crippen molar-refractivity contribution < 1.29 is 9.18 Å². The minimum absolute atomic E-state index is 0.203. The molecule has 2 aromatic carbocycles. The third-order valence-corrected chi connectivity index (χ3v) is 3.92. The molecule has 2 aromatic heterocycles. The van der Waals surface area contributed by atoms with E-state index in [1.54, 1.807) is 24.3 Å². The molecular formula is C17H15FN6O. The number of carbonyl (C=O) groups excluding carboxylic acids is 1. The van der Waals surface area contributed by atoms with Crippen LogP contribution in [0.25, 0.3) is 33.5 Å². The molecule has 0 atom stereocenters. The number of amides is 1. The summed E-state index contributed by atoms with van der Waals surface area (Å²) in [4.78, 5) is 19.6. The summed E-state index contributed by atoms with van der Waals surface area (Å²) in [5.74, 6) is -0.0361. The van der Waals surface area contributed by atoms with Crippen LogP contribution in [0.15, 0.2) is 36.4 Å². The van der Waals surface area contributed by atoms with Crippen molar-refractivity contribution >= 4 is 27.8 Å². The molecular weight excluding hydrogens is 323 g/mol. The summed E-state index contributed by atoms with van der Waals surface area (Å²) in [6.07, 6.45) is 0. The number of nitrogens with one attached hydrogen (secondary N) is 3. The van der Waals surface area contributed by atoms with E-state index in [1.807, 2.05) is 0 Å². The average molecular weight is 338 g/mol. The summed E-state index contributed by atoms with van der Waals surface area (Å²) < 4.78 is 13.4. The number of aromatic amines is 2. The van der Waals surface area contributed by atoms with E-state index >= 15 is 0 Å². The predicted octanol–water partition coefficient (Wildman–Crippen LogP) is 1.93. The lowest BCUT2D eigenvalue weighted by Gasteiger charge is -2.03. The fourth-order valence-electron chi connectivity index (χ4n) is 2.72. The molecule has 7 nitrogen and oxygen atoms in total. The Hall–Kier alpha value is -3.26. The molecule has 4 aromatic rings. The lowest BCUT2D eigenvalue weighted by molar-refractivity contribution is 0.0955. The van der Waals surface area contributed by atoms with Crippen LogP contribution in [0.1, 0.15) is 10.4 Å². The highest BCUT2D eigenvalue weighted by Gasteiger charge is 2.15. The Morgan fingerprint density at radius 3 is 2.92 bits per heavy atom. The molecule has 4 rings (SSSR count). The summed E-state index contributed by atoms with van der Waals surface area (Å²) in [5.41, 5.74) is 8.49. The molecule has 0 spiro atoms. The van der Waals surface area contributed by atoms with Crippen molar-refractivity contribution in [1.82, 2.24) is 25.5 Å². The summed E-state index contributed by atoms with van der Waals surface area (Å²) >= 11 is 0. The minimum atomic E-state index is -0.339. The zero-order valence-electron chi connectivity index (χ0n) is 13.1. The van der Waals surface area contributed by atoms with E-state index in [2.05, 4.69) is 25.5 Å². The van der Waals surface area contributed by atoms with E-state index in [-0.39, 0.29) is 11.7 Å². The summed E-state index contributed by atoms with van der Waals surface area (Å²) in [5, 5.41) is 10.7. The van der Waals surface area contributed by atoms with Gasteiger partial charge in [0.2, 0.25) is 0 Å². The lowest BCUT2D eigenvalue weighted by atomic mass is 10.1. The number of hydrogen-bond acceptors (Lipinski definition) is 4. The first-order valence-electron chi connectivity index (χ1n) is 7.78. The molecule has 25 heavy (non-hydrogen) atoms. The molecule has 1 amide bonds. The molecule has 0 bridgehead atoms. The Labute approximate surface area is 141 Å². The van der Waals surface area contributed by atoms with Crippen LogP contribution in [0, 0.1) is 5.82 Å². The van der Waals surface area contributed by atoms with E-state index < -0.39 is 0 Å². The number of fused-ring (bicyclic) bond motifs is 2. The third kappa shape index (κ3) is 2.72. The topological polar surface area (TPSA) is 112 Å². The van der Waals surface area contributed by atoms with E-state index in [0.717, 1.165) is 10.9 Å². The first kappa shape index (κ1) is 15.3. The number of nitrogens with zero attached hydrogens (tertiary/aromatic N) is 2. The number of benzene rings is 2. The Morgan fingerprint density at radius 2 is 2.08 bits per heavy atom. The fraction of sp³-hybridized carbons (Fsp3) is 0.118. The maximum Gasteiger partial charge on any atom is 0.251 e. The molecule has 0 saturated heterocycles. The third-order valence-electron chi connectivity index (χ3n) is 3.92. The van der Waals surface area contributed by atoms with E-state index in [4.69, 9.17) is 5.73 Å². The zero-order chi connectivity index (χ0) is 17.4. The molecule has 8 heteroatoms. The summed E-state index contributed by atoms with van der Waals surface area (Å²) in [6.45, 7) is 0.782. The van der Waals surface area contributed by atoms with Crippen LogP contribution in [0.3, 0.4) is 0 Å². The average Bonchev–Trinajstić information content (AvgIpc) is 3.21. The number of rotatable bonds is 4. The maximum absolute atomic E-state index is 13.4. The van der Waals surface area contributed by atoms with Gasteiger partial charge in [0.15, 0.2) is 5.82 Å². The molecule has 126 valence electrons. The molecule has 5 N–H and O–H groups in total. The highest BCUT2D eigenvalue weighted by molar-refractivity contribution is 6.01. The SMILES string of the molecule is NCCNC(=O)c1ccc2[nH]nc(-c3nc4ccc(F)cc4[nH]3)c2c1. The van der Waals surface area contributed by atoms with Crippen molar-refractivity contribution in [3.05, 3.63) is 47.8 Å². The molecule has 0 aliphatic carbocycles. The van der Waals surface area contributed by atoms with Gasteiger partial charge >= 0.3 is 0 Å². The highest BCUT2D eigenvalue weighted by atomic mass is 19.1. The van der Waals surface area contributed by atoms with Crippen molar-refractivity contribution in [3.63, 3.8) is 0 Å². The van der Waals surface area contributed by atoms with Gasteiger partial charge in [-0.15, -0.1) is 0 Å². The van der Waals surface area contributed by atoms with E-state index in [1.165, 1.54) is 12.1 Å². The van der Waals surface area contributed by atoms with E-state index in [9.17, 15) is 9.18 Å². The maximum atomic E-state index is 13.4. The van der Waals surface area contributed by atoms with Gasteiger partial charge in [-0.2, -0.15) is 5.10 Å². The summed E-state index contributed by atoms with van der Waals surface area (Å²) in [6, 6.07) is 9.58. The summed E-state index contributed by atoms with van der Waals surface area (Å²) in [7, 11) is 0. The molecule has 0 saturated carbocycles. The fourth-order valence-corrected chi connectivity index (χ4v) is 2.72. The highest BCUT2D eigenvalue weighted by Crippen LogP contribution is 2.27. The van der Waals surface area contributed by atoms with Crippen LogP contribution in [0.2, 0.25) is 0 Å². The number of hydrogen-bond donors (Lipinski definition) is 4. The Morgan fingerprint density at radius 1 is 1.20 bits per heavy atom. The first-order valence-corrected chi connectivity index (χ1v) is 7.78. The van der Waals surface area contributed by atoms with Crippen molar-refractivity contribution in [2.45, 2.75) is 0 Å². The van der Waals surface area contributed by atoms with Crippen LogP contribution >= 0.6 is 0 Å². The molecule has 0 radical (unpaired) electrons. The molecule has 0 fully saturated rings. The largest absolute Gasteiger partial charge is 0.351 e. The van der Waals surface area contributed by atoms with Crippen LogP contribution in [0.5, 0.6) is 0 Å². The Balaban J connectivity index is 1.79. The quantitative estimate of drug-likeness (QED) is 0.455. The van der Waals surface area contributed by atoms with Crippen molar-refractivity contribution in [2.75, 3.05) is 13.1 Å². The van der Waals surface area contributed by atoms with Crippen molar-refractivity contribution in [2.24, 2.45) is 5.73 Å². The number of halogens is 1. The van der Waals surface area contributed by atoms with Gasteiger partial charge in [-0.3, -0.25) is 9.89 Å². The second-order valence-corrected chi connectivity index (χ2v) is 5.62. The standard InChI is InChI=1S/C17H15FN6O/c18-10-2-4-13-14(8-10)22-16(21-13)15-11-7-9(17(25)20-6-5-19)1-3-12(11)23-24-15/h1-4,7-8H,5-6,19H2,(H,20,25)(H,21,22)(H,23,24). The van der Waals surface area contributed by atoms with Gasteiger partial charge < -0.3 is 16.0 Å². The van der Waals surface area contributed by atoms with Gasteiger partial charge in [0.1, 0.15) is 11.5 Å². The van der Waals surface area contributed by atoms with Gasteiger partial charge in [0.25, 0.3) is 5.91 Å². The molecule has 0 aliphatic heterocycles. The molecule has 0 aliphatic rings. The van der Waals surface area contributed by atoms with Crippen molar-refractivity contribution in [1.29, 1.82) is 0 Å². The van der Waals surface area contributed by atoms with Gasteiger partial charge in [-0.05, 0) is 36.4 Å².